The number of carbonyl (C=O) groups is 1. The number of carbonyl (C=O) groups excluding carboxylic acids is 1. The van der Waals surface area contributed by atoms with E-state index in [0.29, 0.717) is 11.4 Å². The Bertz CT molecular complexity index is 1150. The Labute approximate surface area is 157 Å². The smallest absolute Gasteiger partial charge is 0.257 e. The standard InChI is InChI=1S/C23H19N3O/c1-15-7-5-9-17(13-15)21-14-19(18-10-3-4-11-20(18)25-21)23(27)26-22-12-6-8-16(2)24-22/h3-14H,1-2H3,(H,24,26,27)/p+1. The molecule has 0 bridgehead atoms. The first-order chi connectivity index (χ1) is 13.1. The molecule has 2 aromatic carbocycles. The molecule has 0 fully saturated rings. The molecule has 2 heterocycles. The van der Waals surface area contributed by atoms with Gasteiger partial charge in [0.2, 0.25) is 11.2 Å². The number of fused-ring (bicyclic) bond motifs is 1. The number of nitrogens with zero attached hydrogens (tertiary/aromatic N) is 1. The molecule has 2 aromatic heterocycles. The fraction of sp³-hybridized carbons (Fsp3) is 0.0870. The SMILES string of the molecule is Cc1cccc(-c2cc(C(=O)Nc3cccc(C)n3)c3ccccc3[nH+]2)c1. The molecule has 1 amide bonds. The van der Waals surface area contributed by atoms with Crippen molar-refractivity contribution in [3.8, 4) is 11.3 Å². The molecule has 0 unspecified atom stereocenters. The van der Waals surface area contributed by atoms with Crippen LogP contribution in [0.1, 0.15) is 21.6 Å². The number of amides is 1. The number of hydrogen-bond donors (Lipinski definition) is 1. The highest BCUT2D eigenvalue weighted by molar-refractivity contribution is 6.12. The fourth-order valence-corrected chi connectivity index (χ4v) is 3.18. The number of rotatable bonds is 3. The van der Waals surface area contributed by atoms with Gasteiger partial charge < -0.3 is 5.32 Å². The Morgan fingerprint density at radius 3 is 2.56 bits per heavy atom. The summed E-state index contributed by atoms with van der Waals surface area (Å²) in [5, 5.41) is 3.79. The van der Waals surface area contributed by atoms with Crippen molar-refractivity contribution in [1.82, 2.24) is 4.98 Å². The first-order valence-electron chi connectivity index (χ1n) is 8.87. The van der Waals surface area contributed by atoms with Crippen molar-refractivity contribution in [2.24, 2.45) is 0 Å². The minimum absolute atomic E-state index is 0.174. The summed E-state index contributed by atoms with van der Waals surface area (Å²) in [5.41, 5.74) is 5.51. The Morgan fingerprint density at radius 2 is 1.74 bits per heavy atom. The van der Waals surface area contributed by atoms with Crippen molar-refractivity contribution >= 4 is 22.6 Å². The Morgan fingerprint density at radius 1 is 0.926 bits per heavy atom. The van der Waals surface area contributed by atoms with Crippen LogP contribution in [0.25, 0.3) is 22.2 Å². The van der Waals surface area contributed by atoms with Crippen LogP contribution in [0.3, 0.4) is 0 Å². The second kappa shape index (κ2) is 7.00. The maximum absolute atomic E-state index is 13.0. The molecule has 4 aromatic rings. The van der Waals surface area contributed by atoms with Crippen LogP contribution >= 0.6 is 0 Å². The maximum Gasteiger partial charge on any atom is 0.257 e. The van der Waals surface area contributed by atoms with E-state index in [2.05, 4.69) is 34.3 Å². The number of anilines is 1. The van der Waals surface area contributed by atoms with Gasteiger partial charge in [0.25, 0.3) is 5.91 Å². The Hall–Kier alpha value is -3.53. The van der Waals surface area contributed by atoms with Crippen molar-refractivity contribution in [2.45, 2.75) is 13.8 Å². The van der Waals surface area contributed by atoms with Crippen LogP contribution in [-0.2, 0) is 0 Å². The van der Waals surface area contributed by atoms with Gasteiger partial charge in [0.15, 0.2) is 0 Å². The Balaban J connectivity index is 1.82. The average molecular weight is 354 g/mol. The topological polar surface area (TPSA) is 56.1 Å². The van der Waals surface area contributed by atoms with Crippen molar-refractivity contribution in [3.63, 3.8) is 0 Å². The largest absolute Gasteiger partial charge is 0.307 e. The predicted molar refractivity (Wildman–Crippen MR) is 108 cm³/mol. The van der Waals surface area contributed by atoms with Crippen LogP contribution in [0.5, 0.6) is 0 Å². The van der Waals surface area contributed by atoms with E-state index in [1.165, 1.54) is 5.56 Å². The molecular formula is C23H20N3O+. The van der Waals surface area contributed by atoms with Crippen LogP contribution in [-0.4, -0.2) is 10.9 Å². The summed E-state index contributed by atoms with van der Waals surface area (Å²) in [7, 11) is 0. The highest BCUT2D eigenvalue weighted by Crippen LogP contribution is 2.23. The molecule has 0 spiro atoms. The van der Waals surface area contributed by atoms with Crippen LogP contribution in [0.4, 0.5) is 5.82 Å². The summed E-state index contributed by atoms with van der Waals surface area (Å²) < 4.78 is 0. The number of aromatic nitrogens is 2. The van der Waals surface area contributed by atoms with Gasteiger partial charge in [-0.25, -0.2) is 9.97 Å². The monoisotopic (exact) mass is 354 g/mol. The van der Waals surface area contributed by atoms with Crippen molar-refractivity contribution < 1.29 is 9.78 Å². The van der Waals surface area contributed by atoms with Gasteiger partial charge in [0.1, 0.15) is 5.82 Å². The first-order valence-corrected chi connectivity index (χ1v) is 8.87. The van der Waals surface area contributed by atoms with Crippen LogP contribution in [0, 0.1) is 13.8 Å². The van der Waals surface area contributed by atoms with E-state index in [4.69, 9.17) is 0 Å². The first kappa shape index (κ1) is 16.9. The van der Waals surface area contributed by atoms with Crippen LogP contribution in [0.15, 0.2) is 72.8 Å². The van der Waals surface area contributed by atoms with Crippen LogP contribution < -0.4 is 10.3 Å². The summed E-state index contributed by atoms with van der Waals surface area (Å²) in [6, 6.07) is 23.5. The van der Waals surface area contributed by atoms with Crippen molar-refractivity contribution in [2.75, 3.05) is 5.32 Å². The molecule has 0 atom stereocenters. The summed E-state index contributed by atoms with van der Waals surface area (Å²) >= 11 is 0. The number of para-hydroxylation sites is 1. The van der Waals surface area contributed by atoms with Crippen molar-refractivity contribution in [3.05, 3.63) is 89.6 Å². The minimum atomic E-state index is -0.174. The quantitative estimate of drug-likeness (QED) is 0.585. The molecule has 0 aliphatic carbocycles. The lowest BCUT2D eigenvalue weighted by Crippen LogP contribution is -2.17. The van der Waals surface area contributed by atoms with Gasteiger partial charge in [0, 0.05) is 23.4 Å². The fourth-order valence-electron chi connectivity index (χ4n) is 3.18. The summed E-state index contributed by atoms with van der Waals surface area (Å²) in [5.74, 6) is 0.376. The van der Waals surface area contributed by atoms with Gasteiger partial charge in [-0.05, 0) is 44.2 Å². The zero-order chi connectivity index (χ0) is 18.8. The molecular weight excluding hydrogens is 334 g/mol. The number of aromatic amines is 1. The zero-order valence-electron chi connectivity index (χ0n) is 15.3. The summed E-state index contributed by atoms with van der Waals surface area (Å²) in [6.45, 7) is 3.96. The van der Waals surface area contributed by atoms with E-state index in [0.717, 1.165) is 27.9 Å². The number of H-pyrrole nitrogens is 1. The Kier molecular flexibility index (Phi) is 4.38. The second-order valence-electron chi connectivity index (χ2n) is 6.63. The van der Waals surface area contributed by atoms with E-state index in [1.54, 1.807) is 6.07 Å². The van der Waals surface area contributed by atoms with Gasteiger partial charge in [-0.2, -0.15) is 0 Å². The molecule has 2 N–H and O–H groups in total. The van der Waals surface area contributed by atoms with E-state index >= 15 is 0 Å². The number of aryl methyl sites for hydroxylation is 2. The van der Waals surface area contributed by atoms with Gasteiger partial charge in [-0.1, -0.05) is 35.9 Å². The molecule has 0 aliphatic heterocycles. The van der Waals surface area contributed by atoms with Gasteiger partial charge in [-0.3, -0.25) is 4.79 Å². The average Bonchev–Trinajstić information content (AvgIpc) is 2.67. The van der Waals surface area contributed by atoms with Gasteiger partial charge in [-0.15, -0.1) is 0 Å². The van der Waals surface area contributed by atoms with E-state index in [1.807, 2.05) is 61.5 Å². The second-order valence-corrected chi connectivity index (χ2v) is 6.63. The molecule has 27 heavy (non-hydrogen) atoms. The minimum Gasteiger partial charge on any atom is -0.307 e. The molecule has 4 rings (SSSR count). The maximum atomic E-state index is 13.0. The number of benzene rings is 2. The predicted octanol–water partition coefficient (Wildman–Crippen LogP) is 4.59. The molecule has 4 heteroatoms. The van der Waals surface area contributed by atoms with E-state index < -0.39 is 0 Å². The third-order valence-electron chi connectivity index (χ3n) is 4.48. The molecule has 0 radical (unpaired) electrons. The molecule has 4 nitrogen and oxygen atoms in total. The third-order valence-corrected chi connectivity index (χ3v) is 4.48. The molecule has 0 saturated carbocycles. The molecule has 132 valence electrons. The summed E-state index contributed by atoms with van der Waals surface area (Å²) in [4.78, 5) is 20.8. The molecule has 0 aliphatic rings. The van der Waals surface area contributed by atoms with Crippen LogP contribution in [0.2, 0.25) is 0 Å². The van der Waals surface area contributed by atoms with E-state index in [9.17, 15) is 4.79 Å². The lowest BCUT2D eigenvalue weighted by molar-refractivity contribution is -0.331. The summed E-state index contributed by atoms with van der Waals surface area (Å²) in [6.07, 6.45) is 0. The zero-order valence-corrected chi connectivity index (χ0v) is 15.3. The lowest BCUT2D eigenvalue weighted by Gasteiger charge is -2.08. The van der Waals surface area contributed by atoms with Crippen molar-refractivity contribution in [1.29, 1.82) is 0 Å². The highest BCUT2D eigenvalue weighted by Gasteiger charge is 2.18. The lowest BCUT2D eigenvalue weighted by atomic mass is 10.0. The van der Waals surface area contributed by atoms with E-state index in [-0.39, 0.29) is 5.91 Å². The number of nitrogens with one attached hydrogen (secondary N) is 2. The normalized spacial score (nSPS) is 10.7. The van der Waals surface area contributed by atoms with Gasteiger partial charge >= 0.3 is 0 Å². The number of pyridine rings is 2. The third kappa shape index (κ3) is 3.55. The molecule has 0 saturated heterocycles. The highest BCUT2D eigenvalue weighted by atomic mass is 16.1. The number of hydrogen-bond acceptors (Lipinski definition) is 2. The van der Waals surface area contributed by atoms with Gasteiger partial charge in [0.05, 0.1) is 10.9 Å².